The van der Waals surface area contributed by atoms with Gasteiger partial charge in [-0.25, -0.2) is 4.98 Å². The first-order valence-electron chi connectivity index (χ1n) is 9.66. The van der Waals surface area contributed by atoms with Crippen LogP contribution in [0.5, 0.6) is 0 Å². The van der Waals surface area contributed by atoms with Crippen LogP contribution in [0.3, 0.4) is 0 Å². The minimum atomic E-state index is 0. The molecule has 0 saturated carbocycles. The van der Waals surface area contributed by atoms with Gasteiger partial charge in [-0.1, -0.05) is 49.4 Å². The molecule has 1 N–H and O–H groups in total. The first-order chi connectivity index (χ1) is 13.3. The number of nitrogens with zero attached hydrogens (tertiary/aromatic N) is 4. The van der Waals surface area contributed by atoms with Crippen molar-refractivity contribution in [1.82, 2.24) is 19.8 Å². The lowest BCUT2D eigenvalue weighted by molar-refractivity contribution is 0.189. The van der Waals surface area contributed by atoms with E-state index in [1.54, 1.807) is 0 Å². The molecule has 0 aliphatic carbocycles. The van der Waals surface area contributed by atoms with Gasteiger partial charge in [0.05, 0.1) is 12.4 Å². The quantitative estimate of drug-likeness (QED) is 0.339. The van der Waals surface area contributed by atoms with Crippen molar-refractivity contribution in [3.05, 3.63) is 66.7 Å². The minimum absolute atomic E-state index is 0. The number of halogens is 1. The number of imidazole rings is 1. The number of hydrogen-bond acceptors (Lipinski definition) is 2. The van der Waals surface area contributed by atoms with Crippen LogP contribution in [0, 0.1) is 5.92 Å². The number of aromatic nitrogens is 2. The summed E-state index contributed by atoms with van der Waals surface area (Å²) < 4.78 is 2.23. The Morgan fingerprint density at radius 1 is 1.21 bits per heavy atom. The number of rotatable bonds is 3. The predicted octanol–water partition coefficient (Wildman–Crippen LogP) is 4.31. The molecular formula is C22H28IN5. The Kier molecular flexibility index (Phi) is 6.93. The fourth-order valence-corrected chi connectivity index (χ4v) is 4.05. The zero-order valence-electron chi connectivity index (χ0n) is 16.5. The summed E-state index contributed by atoms with van der Waals surface area (Å²) in [6.45, 7) is 5.08. The van der Waals surface area contributed by atoms with Crippen molar-refractivity contribution in [1.29, 1.82) is 0 Å². The molecule has 6 heteroatoms. The largest absolute Gasteiger partial charge is 0.352 e. The third kappa shape index (κ3) is 4.32. The van der Waals surface area contributed by atoms with Crippen LogP contribution < -0.4 is 5.32 Å². The van der Waals surface area contributed by atoms with Gasteiger partial charge < -0.3 is 14.8 Å². The molecule has 0 radical (unpaired) electrons. The van der Waals surface area contributed by atoms with Gasteiger partial charge in [-0.3, -0.25) is 4.99 Å². The highest BCUT2D eigenvalue weighted by atomic mass is 127. The summed E-state index contributed by atoms with van der Waals surface area (Å²) in [7, 11) is 1.87. The Morgan fingerprint density at radius 2 is 2.04 bits per heavy atom. The number of nitrogens with one attached hydrogen (secondary N) is 1. The van der Waals surface area contributed by atoms with E-state index in [1.165, 1.54) is 16.3 Å². The normalized spacial score (nSPS) is 20.1. The second kappa shape index (κ2) is 9.41. The lowest BCUT2D eigenvalue weighted by atomic mass is 9.93. The Balaban J connectivity index is 0.00000225. The zero-order chi connectivity index (χ0) is 18.6. The number of hydrogen-bond donors (Lipinski definition) is 1. The number of aliphatic imine (C=N–C) groups is 1. The van der Waals surface area contributed by atoms with Crippen LogP contribution in [-0.4, -0.2) is 40.5 Å². The Hall–Kier alpha value is -2.09. The molecule has 148 valence electrons. The molecule has 1 aromatic heterocycles. The number of guanidine groups is 1. The smallest absolute Gasteiger partial charge is 0.193 e. The van der Waals surface area contributed by atoms with E-state index in [-0.39, 0.29) is 24.0 Å². The van der Waals surface area contributed by atoms with E-state index in [0.29, 0.717) is 12.0 Å². The van der Waals surface area contributed by atoms with Crippen molar-refractivity contribution < 1.29 is 0 Å². The third-order valence-electron chi connectivity index (χ3n) is 5.65. The number of benzene rings is 2. The van der Waals surface area contributed by atoms with Crippen LogP contribution in [0.2, 0.25) is 0 Å². The molecule has 0 bridgehead atoms. The number of piperidine rings is 1. The molecule has 5 nitrogen and oxygen atoms in total. The highest BCUT2D eigenvalue weighted by Crippen LogP contribution is 2.27. The van der Waals surface area contributed by atoms with Crippen LogP contribution in [0.15, 0.2) is 66.2 Å². The van der Waals surface area contributed by atoms with E-state index in [1.807, 2.05) is 19.6 Å². The van der Waals surface area contributed by atoms with Crippen molar-refractivity contribution in [3.63, 3.8) is 0 Å². The summed E-state index contributed by atoms with van der Waals surface area (Å²) in [5.41, 5.74) is 1.30. The average Bonchev–Trinajstić information content (AvgIpc) is 3.24. The van der Waals surface area contributed by atoms with Crippen molar-refractivity contribution in [2.75, 3.05) is 20.1 Å². The molecule has 2 aromatic carbocycles. The van der Waals surface area contributed by atoms with Gasteiger partial charge in [0.1, 0.15) is 0 Å². The zero-order valence-corrected chi connectivity index (χ0v) is 18.8. The lowest BCUT2D eigenvalue weighted by Gasteiger charge is -2.39. The number of fused-ring (bicyclic) bond motifs is 1. The maximum absolute atomic E-state index is 4.55. The van der Waals surface area contributed by atoms with Crippen molar-refractivity contribution in [2.24, 2.45) is 10.9 Å². The molecule has 0 spiro atoms. The molecule has 1 saturated heterocycles. The molecule has 1 aliphatic heterocycles. The summed E-state index contributed by atoms with van der Waals surface area (Å²) >= 11 is 0. The monoisotopic (exact) mass is 489 g/mol. The van der Waals surface area contributed by atoms with Gasteiger partial charge in [-0.05, 0) is 28.7 Å². The first kappa shape index (κ1) is 20.6. The standard InChI is InChI=1S/C22H27N5.HI/c1-17-10-12-26(15-21(17)27-13-11-24-16-27)22(23-2)25-14-19-8-5-7-18-6-3-4-9-20(18)19;/h3-9,11,13,16-17,21H,10,12,14-15H2,1-2H3,(H,23,25);1H. The molecule has 1 aliphatic rings. The summed E-state index contributed by atoms with van der Waals surface area (Å²) in [5, 5.41) is 6.15. The maximum Gasteiger partial charge on any atom is 0.193 e. The first-order valence-corrected chi connectivity index (χ1v) is 9.66. The molecule has 3 aromatic rings. The lowest BCUT2D eigenvalue weighted by Crippen LogP contribution is -2.48. The minimum Gasteiger partial charge on any atom is -0.352 e. The molecular weight excluding hydrogens is 461 g/mol. The maximum atomic E-state index is 4.55. The molecule has 2 heterocycles. The van der Waals surface area contributed by atoms with E-state index in [9.17, 15) is 0 Å². The van der Waals surface area contributed by atoms with Gasteiger partial charge in [0.2, 0.25) is 0 Å². The van der Waals surface area contributed by atoms with Crippen molar-refractivity contribution in [2.45, 2.75) is 25.9 Å². The van der Waals surface area contributed by atoms with Crippen LogP contribution in [0.1, 0.15) is 24.9 Å². The van der Waals surface area contributed by atoms with E-state index in [2.05, 4.69) is 80.3 Å². The third-order valence-corrected chi connectivity index (χ3v) is 5.65. The van der Waals surface area contributed by atoms with Gasteiger partial charge in [0.25, 0.3) is 0 Å². The second-order valence-electron chi connectivity index (χ2n) is 7.33. The SMILES string of the molecule is CN=C(NCc1cccc2ccccc12)N1CCC(C)C(n2ccnc2)C1.I. The van der Waals surface area contributed by atoms with Gasteiger partial charge in [0, 0.05) is 39.1 Å². The van der Waals surface area contributed by atoms with Gasteiger partial charge in [-0.2, -0.15) is 0 Å². The van der Waals surface area contributed by atoms with Crippen LogP contribution >= 0.6 is 24.0 Å². The topological polar surface area (TPSA) is 45.5 Å². The molecule has 4 rings (SSSR count). The van der Waals surface area contributed by atoms with Crippen LogP contribution in [0.4, 0.5) is 0 Å². The average molecular weight is 489 g/mol. The predicted molar refractivity (Wildman–Crippen MR) is 126 cm³/mol. The van der Waals surface area contributed by atoms with Crippen LogP contribution in [-0.2, 0) is 6.54 Å². The molecule has 2 unspecified atom stereocenters. The fraction of sp³-hybridized carbons (Fsp3) is 0.364. The molecule has 28 heavy (non-hydrogen) atoms. The molecule has 2 atom stereocenters. The van der Waals surface area contributed by atoms with E-state index in [4.69, 9.17) is 0 Å². The summed E-state index contributed by atoms with van der Waals surface area (Å²) in [6, 6.07) is 15.4. The van der Waals surface area contributed by atoms with Gasteiger partial charge in [-0.15, -0.1) is 24.0 Å². The highest BCUT2D eigenvalue weighted by Gasteiger charge is 2.28. The van der Waals surface area contributed by atoms with E-state index < -0.39 is 0 Å². The molecule has 0 amide bonds. The Bertz CT molecular complexity index is 916. The summed E-state index contributed by atoms with van der Waals surface area (Å²) in [4.78, 5) is 11.2. The number of likely N-dealkylation sites (tertiary alicyclic amines) is 1. The van der Waals surface area contributed by atoms with Crippen LogP contribution in [0.25, 0.3) is 10.8 Å². The van der Waals surface area contributed by atoms with Crippen molar-refractivity contribution >= 4 is 40.7 Å². The second-order valence-corrected chi connectivity index (χ2v) is 7.33. The van der Waals surface area contributed by atoms with Crippen molar-refractivity contribution in [3.8, 4) is 0 Å². The fourth-order valence-electron chi connectivity index (χ4n) is 4.05. The molecule has 1 fully saturated rings. The highest BCUT2D eigenvalue weighted by molar-refractivity contribution is 14.0. The van der Waals surface area contributed by atoms with E-state index >= 15 is 0 Å². The Morgan fingerprint density at radius 3 is 2.82 bits per heavy atom. The van der Waals surface area contributed by atoms with E-state index in [0.717, 1.165) is 32.0 Å². The summed E-state index contributed by atoms with van der Waals surface area (Å²) in [6.07, 6.45) is 7.00. The Labute approximate surface area is 183 Å². The van der Waals surface area contributed by atoms with Gasteiger partial charge in [0.15, 0.2) is 5.96 Å². The van der Waals surface area contributed by atoms with Gasteiger partial charge >= 0.3 is 0 Å². The summed E-state index contributed by atoms with van der Waals surface area (Å²) in [5.74, 6) is 1.60.